The average molecular weight is 329 g/mol. The Balaban J connectivity index is 2.10. The van der Waals surface area contributed by atoms with Crippen LogP contribution < -0.4 is 5.73 Å². The first-order valence-corrected chi connectivity index (χ1v) is 6.72. The van der Waals surface area contributed by atoms with Crippen LogP contribution in [-0.2, 0) is 3.79 Å². The molecule has 0 aliphatic heterocycles. The van der Waals surface area contributed by atoms with E-state index in [1.165, 1.54) is 6.33 Å². The molecule has 2 heterocycles. The van der Waals surface area contributed by atoms with Gasteiger partial charge in [0.25, 0.3) is 0 Å². The largest absolute Gasteiger partial charge is 0.383 e. The standard InChI is InChI=1S/C12H8Cl3N5/c13-12(14,15)7-1-3-8(4-2-7)20-11-9(5-19-20)10(16)17-6-18-11/h1-6H,(H2,16,17,18). The van der Waals surface area contributed by atoms with E-state index in [4.69, 9.17) is 40.5 Å². The molecule has 20 heavy (non-hydrogen) atoms. The van der Waals surface area contributed by atoms with Crippen LogP contribution in [0.15, 0.2) is 36.8 Å². The molecule has 0 saturated carbocycles. The van der Waals surface area contributed by atoms with Crippen molar-refractivity contribution in [2.75, 3.05) is 5.73 Å². The van der Waals surface area contributed by atoms with E-state index in [-0.39, 0.29) is 0 Å². The lowest BCUT2D eigenvalue weighted by Gasteiger charge is -2.11. The molecule has 0 fully saturated rings. The molecule has 0 unspecified atom stereocenters. The number of aromatic nitrogens is 4. The average Bonchev–Trinajstić information content (AvgIpc) is 2.83. The summed E-state index contributed by atoms with van der Waals surface area (Å²) in [7, 11) is 0. The minimum atomic E-state index is -1.45. The Hall–Kier alpha value is -1.56. The van der Waals surface area contributed by atoms with Crippen LogP contribution in [0.4, 0.5) is 5.82 Å². The van der Waals surface area contributed by atoms with Crippen LogP contribution in [0.25, 0.3) is 16.7 Å². The van der Waals surface area contributed by atoms with E-state index >= 15 is 0 Å². The van der Waals surface area contributed by atoms with Crippen LogP contribution in [0.3, 0.4) is 0 Å². The van der Waals surface area contributed by atoms with Gasteiger partial charge in [0.1, 0.15) is 12.1 Å². The molecule has 0 spiro atoms. The Morgan fingerprint density at radius 3 is 2.40 bits per heavy atom. The quantitative estimate of drug-likeness (QED) is 0.696. The Morgan fingerprint density at radius 2 is 1.75 bits per heavy atom. The van der Waals surface area contributed by atoms with Crippen LogP contribution in [0, 0.1) is 0 Å². The Morgan fingerprint density at radius 1 is 1.05 bits per heavy atom. The van der Waals surface area contributed by atoms with Gasteiger partial charge >= 0.3 is 0 Å². The van der Waals surface area contributed by atoms with Gasteiger partial charge in [-0.2, -0.15) is 5.10 Å². The molecule has 2 aromatic heterocycles. The minimum Gasteiger partial charge on any atom is -0.383 e. The minimum absolute atomic E-state index is 0.388. The summed E-state index contributed by atoms with van der Waals surface area (Å²) >= 11 is 17.5. The van der Waals surface area contributed by atoms with Gasteiger partial charge < -0.3 is 5.73 Å². The van der Waals surface area contributed by atoms with Gasteiger partial charge in [-0.3, -0.25) is 0 Å². The van der Waals surface area contributed by atoms with Crippen molar-refractivity contribution in [3.8, 4) is 5.69 Å². The molecule has 0 aliphatic rings. The Labute approximate surface area is 129 Å². The lowest BCUT2D eigenvalue weighted by Crippen LogP contribution is -2.02. The van der Waals surface area contributed by atoms with Crippen LogP contribution in [-0.4, -0.2) is 19.7 Å². The molecule has 0 bridgehead atoms. The van der Waals surface area contributed by atoms with Crippen molar-refractivity contribution in [1.29, 1.82) is 0 Å². The molecule has 3 rings (SSSR count). The SMILES string of the molecule is Nc1ncnc2c1cnn2-c1ccc(C(Cl)(Cl)Cl)cc1. The fraction of sp³-hybridized carbons (Fsp3) is 0.0833. The molecule has 0 aliphatic carbocycles. The summed E-state index contributed by atoms with van der Waals surface area (Å²) in [5.74, 6) is 0.388. The molecule has 0 amide bonds. The second-order valence-corrected chi connectivity index (χ2v) is 6.38. The van der Waals surface area contributed by atoms with E-state index in [9.17, 15) is 0 Å². The highest BCUT2D eigenvalue weighted by molar-refractivity contribution is 6.66. The summed E-state index contributed by atoms with van der Waals surface area (Å²) in [6.45, 7) is 0. The van der Waals surface area contributed by atoms with Crippen molar-refractivity contribution in [3.05, 3.63) is 42.4 Å². The van der Waals surface area contributed by atoms with E-state index in [0.29, 0.717) is 22.4 Å². The number of nitrogens with two attached hydrogens (primary N) is 1. The molecular weight excluding hydrogens is 321 g/mol. The Bertz CT molecular complexity index is 761. The number of rotatable bonds is 1. The number of anilines is 1. The van der Waals surface area contributed by atoms with Gasteiger partial charge in [0, 0.05) is 5.56 Å². The maximum absolute atomic E-state index is 5.82. The second kappa shape index (κ2) is 4.77. The number of benzene rings is 1. The number of nitrogens with zero attached hydrogens (tertiary/aromatic N) is 4. The van der Waals surface area contributed by atoms with E-state index in [1.54, 1.807) is 35.1 Å². The molecule has 102 valence electrons. The molecule has 1 aromatic carbocycles. The number of hydrogen-bond donors (Lipinski definition) is 1. The van der Waals surface area contributed by atoms with Crippen LogP contribution in [0.1, 0.15) is 5.56 Å². The molecular formula is C12H8Cl3N5. The summed E-state index contributed by atoms with van der Waals surface area (Å²) < 4.78 is 0.201. The third kappa shape index (κ3) is 2.28. The first-order chi connectivity index (χ1) is 9.47. The number of hydrogen-bond acceptors (Lipinski definition) is 4. The molecule has 8 heteroatoms. The maximum Gasteiger partial charge on any atom is 0.216 e. The lowest BCUT2D eigenvalue weighted by atomic mass is 10.2. The van der Waals surface area contributed by atoms with Crippen LogP contribution >= 0.6 is 34.8 Å². The van der Waals surface area contributed by atoms with Crippen molar-refractivity contribution < 1.29 is 0 Å². The molecule has 0 saturated heterocycles. The smallest absolute Gasteiger partial charge is 0.216 e. The number of fused-ring (bicyclic) bond motifs is 1. The zero-order valence-corrected chi connectivity index (χ0v) is 12.2. The number of nitrogen functional groups attached to an aromatic ring is 1. The highest BCUT2D eigenvalue weighted by atomic mass is 35.6. The second-order valence-electron chi connectivity index (χ2n) is 4.10. The zero-order valence-electron chi connectivity index (χ0n) is 9.96. The van der Waals surface area contributed by atoms with Crippen molar-refractivity contribution >= 4 is 51.7 Å². The zero-order chi connectivity index (χ0) is 14.3. The van der Waals surface area contributed by atoms with Gasteiger partial charge in [-0.25, -0.2) is 14.6 Å². The third-order valence-electron chi connectivity index (χ3n) is 2.84. The predicted molar refractivity (Wildman–Crippen MR) is 80.3 cm³/mol. The van der Waals surface area contributed by atoms with E-state index in [1.807, 2.05) is 0 Å². The first-order valence-electron chi connectivity index (χ1n) is 5.58. The van der Waals surface area contributed by atoms with Crippen molar-refractivity contribution in [1.82, 2.24) is 19.7 Å². The monoisotopic (exact) mass is 327 g/mol. The lowest BCUT2D eigenvalue weighted by molar-refractivity contribution is 0.894. The van der Waals surface area contributed by atoms with E-state index < -0.39 is 3.79 Å². The van der Waals surface area contributed by atoms with Crippen molar-refractivity contribution in [3.63, 3.8) is 0 Å². The normalized spacial score (nSPS) is 11.9. The Kier molecular flexibility index (Phi) is 3.20. The van der Waals surface area contributed by atoms with Gasteiger partial charge in [-0.1, -0.05) is 46.9 Å². The molecule has 5 nitrogen and oxygen atoms in total. The maximum atomic E-state index is 5.82. The van der Waals surface area contributed by atoms with Gasteiger partial charge in [-0.15, -0.1) is 0 Å². The molecule has 0 radical (unpaired) electrons. The third-order valence-corrected chi connectivity index (χ3v) is 3.49. The van der Waals surface area contributed by atoms with Crippen LogP contribution in [0.2, 0.25) is 0 Å². The number of alkyl halides is 3. The van der Waals surface area contributed by atoms with Gasteiger partial charge in [0.15, 0.2) is 5.65 Å². The molecule has 2 N–H and O–H groups in total. The summed E-state index contributed by atoms with van der Waals surface area (Å²) in [6.07, 6.45) is 3.01. The topological polar surface area (TPSA) is 69.6 Å². The molecule has 3 aromatic rings. The first kappa shape index (κ1) is 13.4. The van der Waals surface area contributed by atoms with Crippen molar-refractivity contribution in [2.24, 2.45) is 0 Å². The summed E-state index contributed by atoms with van der Waals surface area (Å²) in [5, 5.41) is 4.95. The molecule has 0 atom stereocenters. The highest BCUT2D eigenvalue weighted by Crippen LogP contribution is 2.38. The summed E-state index contributed by atoms with van der Waals surface area (Å²) in [5.41, 5.74) is 7.76. The summed E-state index contributed by atoms with van der Waals surface area (Å²) in [6, 6.07) is 7.03. The predicted octanol–water partition coefficient (Wildman–Crippen LogP) is 3.22. The fourth-order valence-corrected chi connectivity index (χ4v) is 2.22. The highest BCUT2D eigenvalue weighted by Gasteiger charge is 2.22. The fourth-order valence-electron chi connectivity index (χ4n) is 1.84. The van der Waals surface area contributed by atoms with Crippen molar-refractivity contribution in [2.45, 2.75) is 3.79 Å². The summed E-state index contributed by atoms with van der Waals surface area (Å²) in [4.78, 5) is 8.10. The number of halogens is 3. The van der Waals surface area contributed by atoms with Gasteiger partial charge in [-0.05, 0) is 12.1 Å². The van der Waals surface area contributed by atoms with Gasteiger partial charge in [0.2, 0.25) is 3.79 Å². The van der Waals surface area contributed by atoms with E-state index in [0.717, 1.165) is 5.69 Å². The van der Waals surface area contributed by atoms with Gasteiger partial charge in [0.05, 0.1) is 17.3 Å². The van der Waals surface area contributed by atoms with E-state index in [2.05, 4.69) is 15.1 Å². The van der Waals surface area contributed by atoms with Crippen LogP contribution in [0.5, 0.6) is 0 Å².